The molecule has 4 aliphatic carbocycles. The Kier molecular flexibility index (Phi) is 3.27. The molecule has 4 rings (SSSR count). The van der Waals surface area contributed by atoms with Crippen LogP contribution in [0.4, 0.5) is 0 Å². The second kappa shape index (κ2) is 4.80. The summed E-state index contributed by atoms with van der Waals surface area (Å²) in [4.78, 5) is 24.8. The normalized spacial score (nSPS) is 39.3. The molecule has 19 heavy (non-hydrogen) atoms. The number of carboxylic acid groups (broad SMARTS) is 1. The number of carbonyl (C=O) groups excluding carboxylic acids is 1. The van der Waals surface area contributed by atoms with Crippen molar-refractivity contribution in [1.29, 1.82) is 0 Å². The van der Waals surface area contributed by atoms with Crippen LogP contribution in [0.2, 0.25) is 0 Å². The number of rotatable bonds is 4. The van der Waals surface area contributed by atoms with Gasteiger partial charge in [0.15, 0.2) is 0 Å². The van der Waals surface area contributed by atoms with Crippen LogP contribution in [0.15, 0.2) is 0 Å². The first kappa shape index (κ1) is 12.9. The Labute approximate surface area is 114 Å². The van der Waals surface area contributed by atoms with Gasteiger partial charge in [0.1, 0.15) is 6.42 Å². The fraction of sp³-hybridized carbons (Fsp3) is 0.867. The van der Waals surface area contributed by atoms with E-state index in [1.165, 1.54) is 32.1 Å². The summed E-state index contributed by atoms with van der Waals surface area (Å²) in [5, 5.41) is 8.83. The zero-order valence-electron chi connectivity index (χ0n) is 11.5. The highest BCUT2D eigenvalue weighted by atomic mass is 16.4. The molecule has 0 aromatic carbocycles. The molecule has 0 saturated heterocycles. The molecule has 106 valence electrons. The molecule has 0 heterocycles. The first-order valence-electron chi connectivity index (χ1n) is 7.59. The number of nitrogens with zero attached hydrogens (tertiary/aromatic N) is 1. The number of amides is 1. The van der Waals surface area contributed by atoms with Crippen LogP contribution >= 0.6 is 0 Å². The third-order valence-electron chi connectivity index (χ3n) is 5.50. The smallest absolute Gasteiger partial charge is 0.312 e. The average molecular weight is 265 g/mol. The van der Waals surface area contributed by atoms with E-state index in [1.807, 2.05) is 11.8 Å². The quantitative estimate of drug-likeness (QED) is 0.792. The second-order valence-electron chi connectivity index (χ2n) is 6.67. The van der Waals surface area contributed by atoms with Crippen molar-refractivity contribution in [2.45, 2.75) is 51.5 Å². The summed E-state index contributed by atoms with van der Waals surface area (Å²) in [6, 6.07) is 0.324. The third-order valence-corrected chi connectivity index (χ3v) is 5.50. The lowest BCUT2D eigenvalue weighted by atomic mass is 9.54. The predicted octanol–water partition coefficient (Wildman–Crippen LogP) is 2.13. The molecule has 0 aliphatic heterocycles. The first-order valence-corrected chi connectivity index (χ1v) is 7.59. The molecule has 4 saturated carbocycles. The molecule has 0 aromatic heterocycles. The minimum atomic E-state index is -1.01. The van der Waals surface area contributed by atoms with E-state index >= 15 is 0 Å². The van der Waals surface area contributed by atoms with E-state index in [0.717, 1.165) is 11.8 Å². The Morgan fingerprint density at radius 2 is 1.58 bits per heavy atom. The number of hydrogen-bond acceptors (Lipinski definition) is 2. The standard InChI is InChI=1S/C15H23NO3/c1-2-16(13(17)8-14(18)19)15-11-4-9-3-10(6-11)7-12(15)5-9/h9-12,15H,2-8H2,1H3,(H,18,19). The van der Waals surface area contributed by atoms with Crippen LogP contribution in [0.25, 0.3) is 0 Å². The van der Waals surface area contributed by atoms with Gasteiger partial charge in [-0.05, 0) is 62.7 Å². The molecule has 4 nitrogen and oxygen atoms in total. The molecular formula is C15H23NO3. The van der Waals surface area contributed by atoms with Gasteiger partial charge in [0.05, 0.1) is 0 Å². The topological polar surface area (TPSA) is 57.6 Å². The molecule has 1 amide bonds. The first-order chi connectivity index (χ1) is 9.08. The SMILES string of the molecule is CCN(C(=O)CC(=O)O)C1C2CC3CC(C2)CC1C3. The highest BCUT2D eigenvalue weighted by Crippen LogP contribution is 2.55. The van der Waals surface area contributed by atoms with Crippen molar-refractivity contribution >= 4 is 11.9 Å². The van der Waals surface area contributed by atoms with Crippen LogP contribution in [-0.2, 0) is 9.59 Å². The Hall–Kier alpha value is -1.06. The summed E-state index contributed by atoms with van der Waals surface area (Å²) in [7, 11) is 0. The van der Waals surface area contributed by atoms with Gasteiger partial charge >= 0.3 is 5.97 Å². The molecular weight excluding hydrogens is 242 g/mol. The lowest BCUT2D eigenvalue weighted by Gasteiger charge is -2.57. The summed E-state index contributed by atoms with van der Waals surface area (Å²) in [5.74, 6) is 1.83. The van der Waals surface area contributed by atoms with Crippen LogP contribution in [-0.4, -0.2) is 34.5 Å². The van der Waals surface area contributed by atoms with E-state index in [-0.39, 0.29) is 12.3 Å². The maximum absolute atomic E-state index is 12.2. The monoisotopic (exact) mass is 265 g/mol. The Morgan fingerprint density at radius 1 is 1.05 bits per heavy atom. The summed E-state index contributed by atoms with van der Waals surface area (Å²) < 4.78 is 0. The van der Waals surface area contributed by atoms with Gasteiger partial charge in [-0.25, -0.2) is 0 Å². The zero-order valence-corrected chi connectivity index (χ0v) is 11.5. The van der Waals surface area contributed by atoms with Crippen molar-refractivity contribution in [2.75, 3.05) is 6.54 Å². The molecule has 0 radical (unpaired) electrons. The molecule has 4 fully saturated rings. The van der Waals surface area contributed by atoms with E-state index in [0.29, 0.717) is 24.4 Å². The van der Waals surface area contributed by atoms with E-state index in [2.05, 4.69) is 0 Å². The van der Waals surface area contributed by atoms with Crippen LogP contribution in [0.1, 0.15) is 45.4 Å². The van der Waals surface area contributed by atoms with Crippen LogP contribution in [0.3, 0.4) is 0 Å². The summed E-state index contributed by atoms with van der Waals surface area (Å²) in [5.41, 5.74) is 0. The van der Waals surface area contributed by atoms with E-state index in [9.17, 15) is 9.59 Å². The Morgan fingerprint density at radius 3 is 2.00 bits per heavy atom. The van der Waals surface area contributed by atoms with Crippen molar-refractivity contribution in [1.82, 2.24) is 4.90 Å². The van der Waals surface area contributed by atoms with Crippen molar-refractivity contribution in [2.24, 2.45) is 23.7 Å². The lowest BCUT2D eigenvalue weighted by Crippen LogP contribution is -2.57. The van der Waals surface area contributed by atoms with Gasteiger partial charge < -0.3 is 10.0 Å². The maximum Gasteiger partial charge on any atom is 0.312 e. The fourth-order valence-corrected chi connectivity index (χ4v) is 5.19. The van der Waals surface area contributed by atoms with Crippen LogP contribution in [0.5, 0.6) is 0 Å². The predicted molar refractivity (Wildman–Crippen MR) is 70.5 cm³/mol. The van der Waals surface area contributed by atoms with Gasteiger partial charge in [-0.3, -0.25) is 9.59 Å². The van der Waals surface area contributed by atoms with Gasteiger partial charge in [0.2, 0.25) is 5.91 Å². The van der Waals surface area contributed by atoms with Gasteiger partial charge in [-0.15, -0.1) is 0 Å². The van der Waals surface area contributed by atoms with Crippen LogP contribution < -0.4 is 0 Å². The summed E-state index contributed by atoms with van der Waals surface area (Å²) in [6.07, 6.45) is 6.08. The molecule has 4 bridgehead atoms. The van der Waals surface area contributed by atoms with E-state index in [4.69, 9.17) is 5.11 Å². The van der Waals surface area contributed by atoms with Crippen molar-refractivity contribution < 1.29 is 14.7 Å². The van der Waals surface area contributed by atoms with Crippen LogP contribution in [0, 0.1) is 23.7 Å². The van der Waals surface area contributed by atoms with Gasteiger partial charge in [-0.1, -0.05) is 0 Å². The minimum absolute atomic E-state index is 0.188. The fourth-order valence-electron chi connectivity index (χ4n) is 5.19. The molecule has 0 aromatic rings. The van der Waals surface area contributed by atoms with Gasteiger partial charge in [-0.2, -0.15) is 0 Å². The van der Waals surface area contributed by atoms with Crippen molar-refractivity contribution in [3.05, 3.63) is 0 Å². The highest BCUT2D eigenvalue weighted by Gasteiger charge is 2.50. The van der Waals surface area contributed by atoms with E-state index < -0.39 is 5.97 Å². The molecule has 0 atom stereocenters. The number of hydrogen-bond donors (Lipinski definition) is 1. The molecule has 1 N–H and O–H groups in total. The number of carboxylic acids is 1. The number of carbonyl (C=O) groups is 2. The molecule has 4 aliphatic rings. The zero-order chi connectivity index (χ0) is 13.6. The Bertz CT molecular complexity index is 365. The minimum Gasteiger partial charge on any atom is -0.481 e. The molecule has 0 spiro atoms. The maximum atomic E-state index is 12.2. The van der Waals surface area contributed by atoms with Gasteiger partial charge in [0.25, 0.3) is 0 Å². The van der Waals surface area contributed by atoms with Gasteiger partial charge in [0, 0.05) is 12.6 Å². The second-order valence-corrected chi connectivity index (χ2v) is 6.67. The summed E-state index contributed by atoms with van der Waals surface area (Å²) >= 11 is 0. The van der Waals surface area contributed by atoms with E-state index in [1.54, 1.807) is 0 Å². The van der Waals surface area contributed by atoms with Crippen molar-refractivity contribution in [3.8, 4) is 0 Å². The average Bonchev–Trinajstić information content (AvgIpc) is 2.31. The molecule has 0 unspecified atom stereocenters. The summed E-state index contributed by atoms with van der Waals surface area (Å²) in [6.45, 7) is 2.63. The Balaban J connectivity index is 1.76. The number of aliphatic carboxylic acids is 1. The third kappa shape index (κ3) is 2.26. The van der Waals surface area contributed by atoms with Crippen molar-refractivity contribution in [3.63, 3.8) is 0 Å². The molecule has 4 heteroatoms. The lowest BCUT2D eigenvalue weighted by molar-refractivity contribution is -0.150. The largest absolute Gasteiger partial charge is 0.481 e. The highest BCUT2D eigenvalue weighted by molar-refractivity contribution is 5.93.